The van der Waals surface area contributed by atoms with Crippen molar-refractivity contribution in [1.82, 2.24) is 14.5 Å². The molecule has 4 rings (SSSR count). The van der Waals surface area contributed by atoms with E-state index in [9.17, 15) is 14.4 Å². The van der Waals surface area contributed by atoms with Crippen LogP contribution >= 0.6 is 0 Å². The van der Waals surface area contributed by atoms with Crippen LogP contribution in [0, 0.1) is 17.1 Å². The number of fused-ring (bicyclic) bond motifs is 1. The lowest BCUT2D eigenvalue weighted by atomic mass is 10.00. The predicted octanol–water partition coefficient (Wildman–Crippen LogP) is 3.82. The maximum Gasteiger partial charge on any atom is 0.252 e. The van der Waals surface area contributed by atoms with Gasteiger partial charge in [0, 0.05) is 44.8 Å². The molecule has 1 aromatic carbocycles. The zero-order valence-electron chi connectivity index (χ0n) is 18.8. The summed E-state index contributed by atoms with van der Waals surface area (Å²) >= 11 is 0. The van der Waals surface area contributed by atoms with Crippen molar-refractivity contribution in [3.63, 3.8) is 0 Å². The molecule has 7 heteroatoms. The molecule has 6 nitrogen and oxygen atoms in total. The highest BCUT2D eigenvalue weighted by Gasteiger charge is 2.33. The fourth-order valence-electron chi connectivity index (χ4n) is 4.65. The third kappa shape index (κ3) is 4.11. The van der Waals surface area contributed by atoms with Crippen molar-refractivity contribution < 1.29 is 4.39 Å². The molecule has 1 saturated heterocycles. The first-order valence-corrected chi connectivity index (χ1v) is 11.1. The lowest BCUT2D eigenvalue weighted by Crippen LogP contribution is -2.58. The minimum absolute atomic E-state index is 0.0874. The Morgan fingerprint density at radius 1 is 1.09 bits per heavy atom. The number of benzene rings is 1. The van der Waals surface area contributed by atoms with Crippen LogP contribution in [-0.4, -0.2) is 39.6 Å². The minimum Gasteiger partial charge on any atom is -0.364 e. The van der Waals surface area contributed by atoms with Crippen molar-refractivity contribution in [2.75, 3.05) is 18.0 Å². The van der Waals surface area contributed by atoms with Crippen LogP contribution in [0.4, 0.5) is 10.1 Å². The van der Waals surface area contributed by atoms with Crippen LogP contribution in [0.25, 0.3) is 11.0 Å². The zero-order chi connectivity index (χ0) is 22.8. The predicted molar refractivity (Wildman–Crippen MR) is 124 cm³/mol. The van der Waals surface area contributed by atoms with Gasteiger partial charge in [-0.15, -0.1) is 0 Å². The number of rotatable bonds is 5. The molecule has 1 fully saturated rings. The monoisotopic (exact) mass is 433 g/mol. The lowest BCUT2D eigenvalue weighted by molar-refractivity contribution is 0.136. The van der Waals surface area contributed by atoms with Gasteiger partial charge in [-0.05, 0) is 42.7 Å². The zero-order valence-corrected chi connectivity index (χ0v) is 18.8. The highest BCUT2D eigenvalue weighted by atomic mass is 19.1. The minimum atomic E-state index is -0.223. The van der Waals surface area contributed by atoms with Crippen molar-refractivity contribution in [1.29, 1.82) is 5.26 Å². The van der Waals surface area contributed by atoms with E-state index in [1.165, 1.54) is 12.1 Å². The van der Waals surface area contributed by atoms with E-state index in [0.717, 1.165) is 49.2 Å². The third-order valence-corrected chi connectivity index (χ3v) is 6.54. The summed E-state index contributed by atoms with van der Waals surface area (Å²) in [5.74, 6) is -0.223. The number of halogens is 1. The molecule has 0 unspecified atom stereocenters. The average Bonchev–Trinajstić information content (AvgIpc) is 2.82. The summed E-state index contributed by atoms with van der Waals surface area (Å²) in [6, 6.07) is 14.4. The van der Waals surface area contributed by atoms with Gasteiger partial charge in [0.15, 0.2) is 0 Å². The first-order chi connectivity index (χ1) is 15.4. The quantitative estimate of drug-likeness (QED) is 0.612. The molecule has 2 atom stereocenters. The summed E-state index contributed by atoms with van der Waals surface area (Å²) in [5, 5.41) is 9.37. The van der Waals surface area contributed by atoms with E-state index in [1.54, 1.807) is 29.8 Å². The van der Waals surface area contributed by atoms with Crippen molar-refractivity contribution in [3.05, 3.63) is 69.9 Å². The summed E-state index contributed by atoms with van der Waals surface area (Å²) in [7, 11) is 1.73. The third-order valence-electron chi connectivity index (χ3n) is 6.54. The number of aromatic nitrogens is 2. The van der Waals surface area contributed by atoms with Crippen molar-refractivity contribution in [3.8, 4) is 6.07 Å². The summed E-state index contributed by atoms with van der Waals surface area (Å²) in [6.45, 7) is 6.67. The van der Waals surface area contributed by atoms with E-state index in [1.807, 2.05) is 12.1 Å². The molecular formula is C25H28FN5O. The largest absolute Gasteiger partial charge is 0.364 e. The standard InChI is InChI=1S/C25H28FN5O/c1-4-20-16-31(21(5-2)15-30(20)14-17-6-8-18(26)9-7-17)23-12-24(32)29(3)22-11-10-19(13-27)28-25(22)23/h6-12,20-21H,4-5,14-16H2,1-3H3/t20-,21+/m1/s1. The second-order valence-corrected chi connectivity index (χ2v) is 8.44. The van der Waals surface area contributed by atoms with E-state index in [0.29, 0.717) is 11.2 Å². The average molecular weight is 434 g/mol. The second-order valence-electron chi connectivity index (χ2n) is 8.44. The van der Waals surface area contributed by atoms with E-state index in [2.05, 4.69) is 34.7 Å². The summed E-state index contributed by atoms with van der Waals surface area (Å²) in [5.41, 5.74) is 3.55. The Bertz CT molecular complexity index is 1210. The van der Waals surface area contributed by atoms with Gasteiger partial charge in [0.2, 0.25) is 0 Å². The van der Waals surface area contributed by atoms with Crippen molar-refractivity contribution >= 4 is 16.7 Å². The van der Waals surface area contributed by atoms with E-state index in [-0.39, 0.29) is 23.5 Å². The van der Waals surface area contributed by atoms with Crippen LogP contribution in [0.5, 0.6) is 0 Å². The molecule has 0 N–H and O–H groups in total. The van der Waals surface area contributed by atoms with E-state index >= 15 is 0 Å². The van der Waals surface area contributed by atoms with Crippen LogP contribution in [0.3, 0.4) is 0 Å². The number of aryl methyl sites for hydroxylation is 1. The van der Waals surface area contributed by atoms with Gasteiger partial charge >= 0.3 is 0 Å². The molecule has 1 aliphatic heterocycles. The topological polar surface area (TPSA) is 65.2 Å². The Morgan fingerprint density at radius 2 is 1.81 bits per heavy atom. The smallest absolute Gasteiger partial charge is 0.252 e. The number of piperazine rings is 1. The fraction of sp³-hybridized carbons (Fsp3) is 0.400. The Morgan fingerprint density at radius 3 is 2.47 bits per heavy atom. The van der Waals surface area contributed by atoms with Crippen LogP contribution in [0.1, 0.15) is 37.9 Å². The number of nitriles is 1. The van der Waals surface area contributed by atoms with Gasteiger partial charge in [0.1, 0.15) is 23.1 Å². The second kappa shape index (κ2) is 9.09. The number of hydrogen-bond donors (Lipinski definition) is 0. The maximum atomic E-state index is 13.3. The Labute approximate surface area is 187 Å². The molecule has 3 heterocycles. The molecule has 0 radical (unpaired) electrons. The maximum absolute atomic E-state index is 13.3. The highest BCUT2D eigenvalue weighted by Crippen LogP contribution is 2.31. The van der Waals surface area contributed by atoms with Gasteiger partial charge in [-0.1, -0.05) is 26.0 Å². The number of anilines is 1. The molecule has 0 spiro atoms. The number of hydrogen-bond acceptors (Lipinski definition) is 5. The molecule has 0 aliphatic carbocycles. The summed E-state index contributed by atoms with van der Waals surface area (Å²) in [6.07, 6.45) is 1.86. The van der Waals surface area contributed by atoms with Gasteiger partial charge in [-0.3, -0.25) is 9.69 Å². The van der Waals surface area contributed by atoms with Crippen LogP contribution in [-0.2, 0) is 13.6 Å². The molecular weight excluding hydrogens is 405 g/mol. The molecule has 1 aliphatic rings. The van der Waals surface area contributed by atoms with Gasteiger partial charge in [-0.25, -0.2) is 9.37 Å². The molecule has 0 amide bonds. The van der Waals surface area contributed by atoms with E-state index < -0.39 is 0 Å². The highest BCUT2D eigenvalue weighted by molar-refractivity contribution is 5.89. The van der Waals surface area contributed by atoms with Gasteiger partial charge in [0.25, 0.3) is 5.56 Å². The Kier molecular flexibility index (Phi) is 6.24. The molecule has 32 heavy (non-hydrogen) atoms. The summed E-state index contributed by atoms with van der Waals surface area (Å²) < 4.78 is 14.9. The normalized spacial score (nSPS) is 19.3. The van der Waals surface area contributed by atoms with Gasteiger partial charge in [-0.2, -0.15) is 5.26 Å². The van der Waals surface area contributed by atoms with Gasteiger partial charge in [0.05, 0.1) is 11.2 Å². The molecule has 0 saturated carbocycles. The SMILES string of the molecule is CC[C@@H]1CN(c2cc(=O)n(C)c3ccc(C#N)nc23)[C@@H](CC)CN1Cc1ccc(F)cc1. The van der Waals surface area contributed by atoms with Crippen molar-refractivity contribution in [2.45, 2.75) is 45.3 Å². The molecule has 166 valence electrons. The van der Waals surface area contributed by atoms with Gasteiger partial charge < -0.3 is 9.47 Å². The van der Waals surface area contributed by atoms with E-state index in [4.69, 9.17) is 0 Å². The Hall–Kier alpha value is -3.24. The molecule has 3 aromatic rings. The van der Waals surface area contributed by atoms with Crippen LogP contribution in [0.15, 0.2) is 47.3 Å². The Balaban J connectivity index is 1.72. The van der Waals surface area contributed by atoms with Crippen LogP contribution in [0.2, 0.25) is 0 Å². The first-order valence-electron chi connectivity index (χ1n) is 11.1. The first kappa shape index (κ1) is 22.0. The number of pyridine rings is 2. The van der Waals surface area contributed by atoms with Crippen LogP contribution < -0.4 is 10.5 Å². The lowest BCUT2D eigenvalue weighted by Gasteiger charge is -2.47. The molecule has 2 aromatic heterocycles. The summed E-state index contributed by atoms with van der Waals surface area (Å²) in [4.78, 5) is 22.1. The number of nitrogens with zero attached hydrogens (tertiary/aromatic N) is 5. The van der Waals surface area contributed by atoms with Crippen molar-refractivity contribution in [2.24, 2.45) is 7.05 Å². The molecule has 0 bridgehead atoms. The fourth-order valence-corrected chi connectivity index (χ4v) is 4.65.